The number of rotatable bonds is 4. The van der Waals surface area contributed by atoms with E-state index in [2.05, 4.69) is 15.6 Å². The normalized spacial score (nSPS) is 10.0. The first-order valence-corrected chi connectivity index (χ1v) is 5.86. The van der Waals surface area contributed by atoms with Crippen molar-refractivity contribution in [3.63, 3.8) is 0 Å². The molecule has 2 aromatic rings. The van der Waals surface area contributed by atoms with Crippen LogP contribution < -0.4 is 10.6 Å². The average molecular weight is 259 g/mol. The zero-order valence-electron chi connectivity index (χ0n) is 10.5. The minimum atomic E-state index is -0.245. The second-order valence-electron chi connectivity index (χ2n) is 4.06. The molecule has 1 amide bonds. The molecule has 19 heavy (non-hydrogen) atoms. The molecule has 1 heterocycles. The predicted octanol–water partition coefficient (Wildman–Crippen LogP) is 2.79. The van der Waals surface area contributed by atoms with Gasteiger partial charge in [-0.05, 0) is 18.2 Å². The van der Waals surface area contributed by atoms with Crippen LogP contribution >= 0.6 is 0 Å². The fraction of sp³-hybridized carbons (Fsp3) is 0.143. The van der Waals surface area contributed by atoms with Gasteiger partial charge in [-0.25, -0.2) is 9.37 Å². The van der Waals surface area contributed by atoms with E-state index in [4.69, 9.17) is 0 Å². The molecular weight excluding hydrogens is 245 g/mol. The molecule has 0 unspecified atom stereocenters. The van der Waals surface area contributed by atoms with E-state index in [1.54, 1.807) is 36.5 Å². The standard InChI is InChI=1S/C14H14FN3O/c1-10(19)18-12-6-7-14(17-9-12)16-8-11-4-2-3-5-13(11)15/h2-7,9H,8H2,1H3,(H,16,17)(H,18,19). The topological polar surface area (TPSA) is 54.0 Å². The molecule has 1 aromatic heterocycles. The Hall–Kier alpha value is -2.43. The zero-order valence-corrected chi connectivity index (χ0v) is 10.5. The summed E-state index contributed by atoms with van der Waals surface area (Å²) in [5.41, 5.74) is 1.21. The molecule has 0 aliphatic heterocycles. The SMILES string of the molecule is CC(=O)Nc1ccc(NCc2ccccc2F)nc1. The highest BCUT2D eigenvalue weighted by Gasteiger charge is 2.01. The maximum atomic E-state index is 13.4. The summed E-state index contributed by atoms with van der Waals surface area (Å²) in [6.07, 6.45) is 1.55. The number of halogens is 1. The van der Waals surface area contributed by atoms with E-state index < -0.39 is 0 Å². The summed E-state index contributed by atoms with van der Waals surface area (Å²) < 4.78 is 13.4. The van der Waals surface area contributed by atoms with Crippen molar-refractivity contribution < 1.29 is 9.18 Å². The molecule has 1 aromatic carbocycles. The number of nitrogens with zero attached hydrogens (tertiary/aromatic N) is 1. The molecule has 2 rings (SSSR count). The Morgan fingerprint density at radius 3 is 2.68 bits per heavy atom. The van der Waals surface area contributed by atoms with Crippen molar-refractivity contribution in [1.29, 1.82) is 0 Å². The zero-order chi connectivity index (χ0) is 13.7. The van der Waals surface area contributed by atoms with Crippen molar-refractivity contribution in [3.8, 4) is 0 Å². The molecule has 0 atom stereocenters. The molecule has 0 aliphatic rings. The first-order chi connectivity index (χ1) is 9.15. The van der Waals surface area contributed by atoms with Crippen LogP contribution in [0.1, 0.15) is 12.5 Å². The highest BCUT2D eigenvalue weighted by molar-refractivity contribution is 5.88. The Labute approximate surface area is 110 Å². The fourth-order valence-electron chi connectivity index (χ4n) is 1.60. The first-order valence-electron chi connectivity index (χ1n) is 5.86. The summed E-state index contributed by atoms with van der Waals surface area (Å²) in [5.74, 6) is 0.232. The number of carbonyl (C=O) groups is 1. The van der Waals surface area contributed by atoms with E-state index >= 15 is 0 Å². The number of carbonyl (C=O) groups excluding carboxylic acids is 1. The predicted molar refractivity (Wildman–Crippen MR) is 72.3 cm³/mol. The maximum Gasteiger partial charge on any atom is 0.221 e. The number of benzene rings is 1. The van der Waals surface area contributed by atoms with Gasteiger partial charge < -0.3 is 10.6 Å². The Bertz CT molecular complexity index is 569. The molecule has 0 aliphatic carbocycles. The molecule has 0 bridgehead atoms. The molecule has 0 fully saturated rings. The number of nitrogens with one attached hydrogen (secondary N) is 2. The Balaban J connectivity index is 1.97. The molecule has 98 valence electrons. The van der Waals surface area contributed by atoms with Crippen molar-refractivity contribution in [2.24, 2.45) is 0 Å². The lowest BCUT2D eigenvalue weighted by atomic mass is 10.2. The van der Waals surface area contributed by atoms with Gasteiger partial charge in [0.25, 0.3) is 0 Å². The average Bonchev–Trinajstić information content (AvgIpc) is 2.39. The van der Waals surface area contributed by atoms with E-state index in [1.807, 2.05) is 0 Å². The largest absolute Gasteiger partial charge is 0.366 e. The van der Waals surface area contributed by atoms with Crippen LogP contribution in [0.15, 0.2) is 42.6 Å². The molecular formula is C14H14FN3O. The third kappa shape index (κ3) is 3.77. The van der Waals surface area contributed by atoms with Crippen LogP contribution in [0.3, 0.4) is 0 Å². The van der Waals surface area contributed by atoms with Gasteiger partial charge >= 0.3 is 0 Å². The van der Waals surface area contributed by atoms with Crippen molar-refractivity contribution in [2.75, 3.05) is 10.6 Å². The molecule has 0 radical (unpaired) electrons. The fourth-order valence-corrected chi connectivity index (χ4v) is 1.60. The molecule has 4 nitrogen and oxygen atoms in total. The van der Waals surface area contributed by atoms with Gasteiger partial charge in [0.15, 0.2) is 0 Å². The summed E-state index contributed by atoms with van der Waals surface area (Å²) in [6, 6.07) is 10.0. The monoisotopic (exact) mass is 259 g/mol. The van der Waals surface area contributed by atoms with Crippen molar-refractivity contribution >= 4 is 17.4 Å². The summed E-state index contributed by atoms with van der Waals surface area (Å²) in [7, 11) is 0. The Morgan fingerprint density at radius 2 is 2.05 bits per heavy atom. The lowest BCUT2D eigenvalue weighted by Crippen LogP contribution is -2.07. The number of amides is 1. The second-order valence-corrected chi connectivity index (χ2v) is 4.06. The minimum absolute atomic E-state index is 0.145. The van der Waals surface area contributed by atoms with Crippen LogP contribution in [0.25, 0.3) is 0 Å². The van der Waals surface area contributed by atoms with E-state index in [0.717, 1.165) is 0 Å². The lowest BCUT2D eigenvalue weighted by molar-refractivity contribution is -0.114. The number of hydrogen-bond acceptors (Lipinski definition) is 3. The van der Waals surface area contributed by atoms with Crippen LogP contribution in [0.4, 0.5) is 15.9 Å². The molecule has 5 heteroatoms. The van der Waals surface area contributed by atoms with Gasteiger partial charge in [0, 0.05) is 19.0 Å². The molecule has 0 spiro atoms. The van der Waals surface area contributed by atoms with Crippen LogP contribution in [0, 0.1) is 5.82 Å². The van der Waals surface area contributed by atoms with Crippen LogP contribution in [0.2, 0.25) is 0 Å². The molecule has 2 N–H and O–H groups in total. The van der Waals surface area contributed by atoms with E-state index in [-0.39, 0.29) is 11.7 Å². The van der Waals surface area contributed by atoms with Crippen molar-refractivity contribution in [2.45, 2.75) is 13.5 Å². The van der Waals surface area contributed by atoms with Gasteiger partial charge in [0.2, 0.25) is 5.91 Å². The van der Waals surface area contributed by atoms with Gasteiger partial charge in [0.05, 0.1) is 11.9 Å². The highest BCUT2D eigenvalue weighted by Crippen LogP contribution is 2.12. The summed E-state index contributed by atoms with van der Waals surface area (Å²) >= 11 is 0. The Kier molecular flexibility index (Phi) is 4.07. The smallest absolute Gasteiger partial charge is 0.221 e. The third-order valence-electron chi connectivity index (χ3n) is 2.50. The van der Waals surface area contributed by atoms with Gasteiger partial charge in [-0.3, -0.25) is 4.79 Å². The van der Waals surface area contributed by atoms with Crippen LogP contribution in [-0.2, 0) is 11.3 Å². The lowest BCUT2D eigenvalue weighted by Gasteiger charge is -2.07. The number of hydrogen-bond donors (Lipinski definition) is 2. The van der Waals surface area contributed by atoms with Gasteiger partial charge in [-0.15, -0.1) is 0 Å². The highest BCUT2D eigenvalue weighted by atomic mass is 19.1. The van der Waals surface area contributed by atoms with Crippen molar-refractivity contribution in [1.82, 2.24) is 4.98 Å². The third-order valence-corrected chi connectivity index (χ3v) is 2.50. The summed E-state index contributed by atoms with van der Waals surface area (Å²) in [6.45, 7) is 1.80. The number of aromatic nitrogens is 1. The van der Waals surface area contributed by atoms with Gasteiger partial charge in [-0.2, -0.15) is 0 Å². The summed E-state index contributed by atoms with van der Waals surface area (Å²) in [4.78, 5) is 15.0. The van der Waals surface area contributed by atoms with Crippen LogP contribution in [0.5, 0.6) is 0 Å². The maximum absolute atomic E-state index is 13.4. The van der Waals surface area contributed by atoms with E-state index in [1.165, 1.54) is 13.0 Å². The van der Waals surface area contributed by atoms with E-state index in [0.29, 0.717) is 23.6 Å². The minimum Gasteiger partial charge on any atom is -0.366 e. The first kappa shape index (κ1) is 13.0. The van der Waals surface area contributed by atoms with Crippen molar-refractivity contribution in [3.05, 3.63) is 54.0 Å². The van der Waals surface area contributed by atoms with Crippen LogP contribution in [-0.4, -0.2) is 10.9 Å². The molecule has 0 saturated carbocycles. The Morgan fingerprint density at radius 1 is 1.26 bits per heavy atom. The molecule has 0 saturated heterocycles. The van der Waals surface area contributed by atoms with Gasteiger partial charge in [0.1, 0.15) is 11.6 Å². The second kappa shape index (κ2) is 5.95. The quantitative estimate of drug-likeness (QED) is 0.887. The van der Waals surface area contributed by atoms with E-state index in [9.17, 15) is 9.18 Å². The summed E-state index contributed by atoms with van der Waals surface area (Å²) in [5, 5.41) is 5.64. The number of pyridine rings is 1. The van der Waals surface area contributed by atoms with Gasteiger partial charge in [-0.1, -0.05) is 18.2 Å². The number of anilines is 2.